The summed E-state index contributed by atoms with van der Waals surface area (Å²) in [7, 11) is 0. The topological polar surface area (TPSA) is 81.9 Å². The van der Waals surface area contributed by atoms with Crippen molar-refractivity contribution >= 4 is 79.2 Å². The number of fused-ring (bicyclic) bond motifs is 1. The fourth-order valence-electron chi connectivity index (χ4n) is 2.68. The van der Waals surface area contributed by atoms with Crippen molar-refractivity contribution in [2.75, 3.05) is 11.7 Å². The molecule has 2 heterocycles. The van der Waals surface area contributed by atoms with Crippen LogP contribution in [0, 0.1) is 10.1 Å². The van der Waals surface area contributed by atoms with Crippen LogP contribution in [0.25, 0.3) is 6.08 Å². The van der Waals surface area contributed by atoms with Crippen LogP contribution in [0.2, 0.25) is 5.02 Å². The van der Waals surface area contributed by atoms with Gasteiger partial charge in [0.15, 0.2) is 15.8 Å². The zero-order chi connectivity index (χ0) is 20.0. The molecule has 0 aliphatic carbocycles. The fraction of sp³-hybridized carbons (Fsp3) is 0.0588. The summed E-state index contributed by atoms with van der Waals surface area (Å²) >= 11 is 15.8. The van der Waals surface area contributed by atoms with Crippen LogP contribution in [-0.2, 0) is 4.79 Å². The van der Waals surface area contributed by atoms with E-state index in [1.165, 1.54) is 23.1 Å². The van der Waals surface area contributed by atoms with E-state index in [-0.39, 0.29) is 28.9 Å². The summed E-state index contributed by atoms with van der Waals surface area (Å²) in [6.07, 6.45) is 1.43. The Balaban J connectivity index is 1.74. The molecule has 142 valence electrons. The highest BCUT2D eigenvalue weighted by molar-refractivity contribution is 9.10. The van der Waals surface area contributed by atoms with Crippen molar-refractivity contribution < 1.29 is 19.2 Å². The van der Waals surface area contributed by atoms with Crippen LogP contribution in [0.3, 0.4) is 0 Å². The van der Waals surface area contributed by atoms with Crippen LogP contribution in [0.15, 0.2) is 39.7 Å². The molecule has 0 bridgehead atoms. The number of anilines is 1. The number of carbonyl (C=O) groups excluding carboxylic acids is 1. The van der Waals surface area contributed by atoms with Gasteiger partial charge in [-0.1, -0.05) is 35.6 Å². The SMILES string of the molecule is O=C1/C(=C\c2cc3c(cc2[N+](=O)[O-])OCO3)SC(=S)N1c1ccc(Br)c(Cl)c1. The first kappa shape index (κ1) is 19.2. The van der Waals surface area contributed by atoms with Crippen LogP contribution < -0.4 is 14.4 Å². The lowest BCUT2D eigenvalue weighted by Gasteiger charge is -2.15. The molecule has 0 atom stereocenters. The number of halogens is 2. The van der Waals surface area contributed by atoms with E-state index in [4.69, 9.17) is 33.3 Å². The Morgan fingerprint density at radius 1 is 1.29 bits per heavy atom. The lowest BCUT2D eigenvalue weighted by molar-refractivity contribution is -0.385. The van der Waals surface area contributed by atoms with Gasteiger partial charge in [-0.25, -0.2) is 0 Å². The molecule has 0 saturated carbocycles. The minimum atomic E-state index is -0.539. The lowest BCUT2D eigenvalue weighted by Crippen LogP contribution is -2.27. The second-order valence-electron chi connectivity index (χ2n) is 5.64. The highest BCUT2D eigenvalue weighted by atomic mass is 79.9. The van der Waals surface area contributed by atoms with E-state index in [2.05, 4.69) is 15.9 Å². The first-order valence-corrected chi connectivity index (χ1v) is 10.1. The third-order valence-electron chi connectivity index (χ3n) is 3.96. The number of nitro groups is 1. The van der Waals surface area contributed by atoms with E-state index in [0.29, 0.717) is 31.0 Å². The zero-order valence-corrected chi connectivity index (χ0v) is 17.7. The largest absolute Gasteiger partial charge is 0.454 e. The number of ether oxygens (including phenoxy) is 2. The summed E-state index contributed by atoms with van der Waals surface area (Å²) < 4.78 is 11.5. The molecule has 28 heavy (non-hydrogen) atoms. The Labute approximate surface area is 181 Å². The van der Waals surface area contributed by atoms with Gasteiger partial charge in [0.25, 0.3) is 11.6 Å². The standard InChI is InChI=1S/C17H8BrClN2O5S2/c18-10-2-1-9(5-11(10)19)20-16(22)15(28-17(20)27)4-8-3-13-14(26-7-25-13)6-12(8)21(23)24/h1-6H,7H2/b15-4+. The molecule has 1 amide bonds. The van der Waals surface area contributed by atoms with Gasteiger partial charge in [0.05, 0.1) is 32.2 Å². The van der Waals surface area contributed by atoms with Gasteiger partial charge in [-0.2, -0.15) is 0 Å². The van der Waals surface area contributed by atoms with Gasteiger partial charge in [-0.05, 0) is 46.3 Å². The summed E-state index contributed by atoms with van der Waals surface area (Å²) in [5, 5.41) is 11.9. The number of thiocarbonyl (C=S) groups is 1. The molecule has 4 rings (SSSR count). The predicted molar refractivity (Wildman–Crippen MR) is 114 cm³/mol. The molecule has 2 aromatic rings. The molecular formula is C17H8BrClN2O5S2. The molecule has 0 radical (unpaired) electrons. The minimum Gasteiger partial charge on any atom is -0.454 e. The maximum absolute atomic E-state index is 12.9. The van der Waals surface area contributed by atoms with Gasteiger partial charge in [-0.3, -0.25) is 19.8 Å². The number of nitrogens with zero attached hydrogens (tertiary/aromatic N) is 2. The zero-order valence-electron chi connectivity index (χ0n) is 13.7. The van der Waals surface area contributed by atoms with Crippen molar-refractivity contribution in [3.63, 3.8) is 0 Å². The Morgan fingerprint density at radius 3 is 2.68 bits per heavy atom. The fourth-order valence-corrected chi connectivity index (χ4v) is 4.39. The Morgan fingerprint density at radius 2 is 2.00 bits per heavy atom. The van der Waals surface area contributed by atoms with Crippen molar-refractivity contribution in [2.24, 2.45) is 0 Å². The van der Waals surface area contributed by atoms with Gasteiger partial charge >= 0.3 is 0 Å². The lowest BCUT2D eigenvalue weighted by atomic mass is 10.1. The summed E-state index contributed by atoms with van der Waals surface area (Å²) in [6, 6.07) is 7.78. The molecule has 2 aromatic carbocycles. The number of thioether (sulfide) groups is 1. The van der Waals surface area contributed by atoms with Crippen LogP contribution in [0.5, 0.6) is 11.5 Å². The Bertz CT molecular complexity index is 1090. The summed E-state index contributed by atoms with van der Waals surface area (Å²) in [5.74, 6) is 0.285. The molecule has 0 N–H and O–H groups in total. The minimum absolute atomic E-state index is 0.0115. The third-order valence-corrected chi connectivity index (χ3v) is 6.49. The first-order chi connectivity index (χ1) is 13.3. The average Bonchev–Trinajstić information content (AvgIpc) is 3.21. The summed E-state index contributed by atoms with van der Waals surface area (Å²) in [5.41, 5.74) is 0.545. The molecule has 0 unspecified atom stereocenters. The smallest absolute Gasteiger partial charge is 0.280 e. The van der Waals surface area contributed by atoms with Gasteiger partial charge < -0.3 is 9.47 Å². The van der Waals surface area contributed by atoms with Crippen LogP contribution >= 0.6 is 51.5 Å². The summed E-state index contributed by atoms with van der Waals surface area (Å²) in [4.78, 5) is 25.4. The number of carbonyl (C=O) groups is 1. The molecule has 0 aromatic heterocycles. The van der Waals surface area contributed by atoms with Crippen LogP contribution in [0.4, 0.5) is 11.4 Å². The normalized spacial score (nSPS) is 16.9. The number of amides is 1. The molecule has 2 aliphatic heterocycles. The molecule has 11 heteroatoms. The number of hydrogen-bond donors (Lipinski definition) is 0. The highest BCUT2D eigenvalue weighted by Crippen LogP contribution is 2.42. The molecule has 1 fully saturated rings. The number of nitro benzene ring substituents is 1. The van der Waals surface area contributed by atoms with E-state index >= 15 is 0 Å². The second kappa shape index (κ2) is 7.36. The summed E-state index contributed by atoms with van der Waals surface area (Å²) in [6.45, 7) is -0.0115. The monoisotopic (exact) mass is 498 g/mol. The maximum atomic E-state index is 12.9. The van der Waals surface area contributed by atoms with Gasteiger partial charge in [0, 0.05) is 4.47 Å². The van der Waals surface area contributed by atoms with Crippen molar-refractivity contribution in [2.45, 2.75) is 0 Å². The van der Waals surface area contributed by atoms with E-state index in [9.17, 15) is 14.9 Å². The van der Waals surface area contributed by atoms with E-state index < -0.39 is 4.92 Å². The first-order valence-electron chi connectivity index (χ1n) is 7.66. The van der Waals surface area contributed by atoms with Crippen molar-refractivity contribution in [1.82, 2.24) is 0 Å². The number of hydrogen-bond acceptors (Lipinski definition) is 7. The van der Waals surface area contributed by atoms with Crippen LogP contribution in [0.1, 0.15) is 5.56 Å². The molecule has 7 nitrogen and oxygen atoms in total. The molecule has 1 saturated heterocycles. The van der Waals surface area contributed by atoms with Crippen molar-refractivity contribution in [1.29, 1.82) is 0 Å². The molecule has 2 aliphatic rings. The van der Waals surface area contributed by atoms with E-state index in [1.807, 2.05) is 0 Å². The van der Waals surface area contributed by atoms with Crippen molar-refractivity contribution in [3.8, 4) is 11.5 Å². The predicted octanol–water partition coefficient (Wildman–Crippen LogP) is 5.15. The highest BCUT2D eigenvalue weighted by Gasteiger charge is 2.34. The maximum Gasteiger partial charge on any atom is 0.280 e. The van der Waals surface area contributed by atoms with Crippen molar-refractivity contribution in [3.05, 3.63) is 60.4 Å². The van der Waals surface area contributed by atoms with Gasteiger partial charge in [0.1, 0.15) is 0 Å². The number of rotatable bonds is 3. The van der Waals surface area contributed by atoms with E-state index in [0.717, 1.165) is 11.8 Å². The molecular weight excluding hydrogens is 492 g/mol. The molecule has 0 spiro atoms. The Kier molecular flexibility index (Phi) is 5.04. The van der Waals surface area contributed by atoms with Gasteiger partial charge in [0.2, 0.25) is 6.79 Å². The number of benzene rings is 2. The third kappa shape index (κ3) is 3.37. The van der Waals surface area contributed by atoms with Gasteiger partial charge in [-0.15, -0.1) is 0 Å². The average molecular weight is 500 g/mol. The second-order valence-corrected chi connectivity index (χ2v) is 8.57. The van der Waals surface area contributed by atoms with E-state index in [1.54, 1.807) is 18.2 Å². The Hall–Kier alpha value is -2.14. The van der Waals surface area contributed by atoms with Crippen LogP contribution in [-0.4, -0.2) is 21.9 Å². The quantitative estimate of drug-likeness (QED) is 0.250.